The fourth-order valence-electron chi connectivity index (χ4n) is 0.961. The second kappa shape index (κ2) is 4.84. The lowest BCUT2D eigenvalue weighted by Crippen LogP contribution is -1.84. The van der Waals surface area contributed by atoms with E-state index in [1.807, 2.05) is 24.3 Å². The van der Waals surface area contributed by atoms with Crippen LogP contribution in [0.2, 0.25) is 10.0 Å². The summed E-state index contributed by atoms with van der Waals surface area (Å²) in [4.78, 5) is 9.21. The molecule has 2 aromatic rings. The van der Waals surface area contributed by atoms with Gasteiger partial charge in [0.2, 0.25) is 0 Å². The van der Waals surface area contributed by atoms with Crippen LogP contribution in [0.4, 0.5) is 0 Å². The molecule has 0 saturated heterocycles. The summed E-state index contributed by atoms with van der Waals surface area (Å²) in [5, 5.41) is 1.92. The summed E-state index contributed by atoms with van der Waals surface area (Å²) in [5.74, 6) is 0. The normalized spacial score (nSPS) is 10.3. The molecule has 1 heterocycles. The van der Waals surface area contributed by atoms with Gasteiger partial charge in [-0.1, -0.05) is 23.2 Å². The lowest BCUT2D eigenvalue weighted by Gasteiger charge is -1.99. The van der Waals surface area contributed by atoms with E-state index in [-0.39, 0.29) is 0 Å². The van der Waals surface area contributed by atoms with E-state index in [0.717, 1.165) is 9.92 Å². The Morgan fingerprint density at radius 3 is 2.07 bits per heavy atom. The number of nitrogens with zero attached hydrogens (tertiary/aromatic N) is 2. The molecule has 2 nitrogen and oxygen atoms in total. The Bertz CT molecular complexity index is 398. The second-order valence-corrected chi connectivity index (χ2v) is 4.65. The molecule has 0 saturated carbocycles. The molecule has 1 aromatic heterocycles. The Labute approximate surface area is 102 Å². The third-order valence-electron chi connectivity index (χ3n) is 1.62. The highest BCUT2D eigenvalue weighted by molar-refractivity contribution is 7.99. The van der Waals surface area contributed by atoms with Crippen molar-refractivity contribution >= 4 is 35.0 Å². The van der Waals surface area contributed by atoms with Crippen LogP contribution in [0.3, 0.4) is 0 Å². The van der Waals surface area contributed by atoms with Crippen molar-refractivity contribution in [2.45, 2.75) is 10.1 Å². The zero-order valence-corrected chi connectivity index (χ0v) is 9.85. The standard InChI is InChI=1S/C10H6Cl2N2S/c11-7-1-3-9(4-2-7)15-10-13-5-8(12)6-14-10/h1-6H. The highest BCUT2D eigenvalue weighted by Gasteiger charge is 1.99. The summed E-state index contributed by atoms with van der Waals surface area (Å²) < 4.78 is 0. The molecule has 0 aliphatic rings. The molecule has 0 aliphatic heterocycles. The highest BCUT2D eigenvalue weighted by atomic mass is 35.5. The molecule has 0 radical (unpaired) electrons. The van der Waals surface area contributed by atoms with E-state index in [1.165, 1.54) is 11.8 Å². The zero-order chi connectivity index (χ0) is 10.7. The van der Waals surface area contributed by atoms with Crippen molar-refractivity contribution in [3.63, 3.8) is 0 Å². The van der Waals surface area contributed by atoms with Gasteiger partial charge in [0, 0.05) is 9.92 Å². The molecule has 76 valence electrons. The molecule has 5 heteroatoms. The van der Waals surface area contributed by atoms with Gasteiger partial charge in [-0.25, -0.2) is 9.97 Å². The third kappa shape index (κ3) is 3.09. The number of aromatic nitrogens is 2. The maximum absolute atomic E-state index is 5.78. The number of hydrogen-bond donors (Lipinski definition) is 0. The van der Waals surface area contributed by atoms with Crippen LogP contribution in [0.5, 0.6) is 0 Å². The highest BCUT2D eigenvalue weighted by Crippen LogP contribution is 2.25. The van der Waals surface area contributed by atoms with Gasteiger partial charge >= 0.3 is 0 Å². The maximum atomic E-state index is 5.78. The summed E-state index contributed by atoms with van der Waals surface area (Å²) in [6.07, 6.45) is 3.15. The monoisotopic (exact) mass is 256 g/mol. The lowest BCUT2D eigenvalue weighted by molar-refractivity contribution is 0.967. The van der Waals surface area contributed by atoms with Crippen LogP contribution in [-0.4, -0.2) is 9.97 Å². The fraction of sp³-hybridized carbons (Fsp3) is 0. The largest absolute Gasteiger partial charge is 0.229 e. The van der Waals surface area contributed by atoms with Crippen LogP contribution in [0.25, 0.3) is 0 Å². The van der Waals surface area contributed by atoms with E-state index in [9.17, 15) is 0 Å². The molecule has 0 N–H and O–H groups in total. The molecule has 0 bridgehead atoms. The van der Waals surface area contributed by atoms with Gasteiger partial charge in [-0.3, -0.25) is 0 Å². The average molecular weight is 257 g/mol. The Balaban J connectivity index is 2.15. The van der Waals surface area contributed by atoms with Crippen molar-refractivity contribution in [3.8, 4) is 0 Å². The fourth-order valence-corrected chi connectivity index (χ4v) is 1.88. The van der Waals surface area contributed by atoms with E-state index >= 15 is 0 Å². The Kier molecular flexibility index (Phi) is 3.46. The first-order valence-electron chi connectivity index (χ1n) is 4.15. The van der Waals surface area contributed by atoms with Gasteiger partial charge < -0.3 is 0 Å². The van der Waals surface area contributed by atoms with E-state index in [1.54, 1.807) is 12.4 Å². The lowest BCUT2D eigenvalue weighted by atomic mass is 10.4. The molecular weight excluding hydrogens is 251 g/mol. The first-order chi connectivity index (χ1) is 7.24. The molecular formula is C10H6Cl2N2S. The van der Waals surface area contributed by atoms with Crippen LogP contribution < -0.4 is 0 Å². The van der Waals surface area contributed by atoms with Gasteiger partial charge in [0.15, 0.2) is 5.16 Å². The summed E-state index contributed by atoms with van der Waals surface area (Å²) in [7, 11) is 0. The summed E-state index contributed by atoms with van der Waals surface area (Å²) in [6, 6.07) is 7.51. The van der Waals surface area contributed by atoms with Crippen LogP contribution in [0, 0.1) is 0 Å². The number of hydrogen-bond acceptors (Lipinski definition) is 3. The number of halogens is 2. The van der Waals surface area contributed by atoms with Crippen LogP contribution in [0.15, 0.2) is 46.7 Å². The first kappa shape index (κ1) is 10.7. The summed E-state index contributed by atoms with van der Waals surface area (Å²) in [6.45, 7) is 0. The molecule has 0 unspecified atom stereocenters. The Morgan fingerprint density at radius 2 is 1.47 bits per heavy atom. The summed E-state index contributed by atoms with van der Waals surface area (Å²) in [5.41, 5.74) is 0. The molecule has 0 aliphatic carbocycles. The van der Waals surface area contributed by atoms with E-state index in [0.29, 0.717) is 10.2 Å². The van der Waals surface area contributed by atoms with Crippen LogP contribution in [0.1, 0.15) is 0 Å². The number of benzene rings is 1. The SMILES string of the molecule is Clc1ccc(Sc2ncc(Cl)cn2)cc1. The second-order valence-electron chi connectivity index (χ2n) is 2.74. The van der Waals surface area contributed by atoms with Gasteiger partial charge in [0.1, 0.15) is 0 Å². The third-order valence-corrected chi connectivity index (χ3v) is 2.97. The smallest absolute Gasteiger partial charge is 0.192 e. The molecule has 0 fully saturated rings. The van der Waals surface area contributed by atoms with Gasteiger partial charge in [-0.15, -0.1) is 0 Å². The topological polar surface area (TPSA) is 25.8 Å². The first-order valence-corrected chi connectivity index (χ1v) is 5.72. The van der Waals surface area contributed by atoms with Crippen molar-refractivity contribution in [2.24, 2.45) is 0 Å². The number of rotatable bonds is 2. The molecule has 0 spiro atoms. The minimum atomic E-state index is 0.537. The minimum absolute atomic E-state index is 0.537. The molecule has 1 aromatic carbocycles. The van der Waals surface area contributed by atoms with Crippen LogP contribution >= 0.6 is 35.0 Å². The summed E-state index contributed by atoms with van der Waals surface area (Å²) >= 11 is 12.9. The van der Waals surface area contributed by atoms with Crippen molar-refractivity contribution < 1.29 is 0 Å². The molecule has 15 heavy (non-hydrogen) atoms. The van der Waals surface area contributed by atoms with Gasteiger partial charge in [-0.2, -0.15) is 0 Å². The van der Waals surface area contributed by atoms with Gasteiger partial charge in [0.05, 0.1) is 17.4 Å². The van der Waals surface area contributed by atoms with Gasteiger partial charge in [0.25, 0.3) is 0 Å². The predicted molar refractivity (Wildman–Crippen MR) is 62.6 cm³/mol. The van der Waals surface area contributed by atoms with Crippen molar-refractivity contribution in [1.82, 2.24) is 9.97 Å². The Hall–Kier alpha value is -0.770. The van der Waals surface area contributed by atoms with E-state index in [4.69, 9.17) is 23.2 Å². The van der Waals surface area contributed by atoms with Gasteiger partial charge in [-0.05, 0) is 36.0 Å². The van der Waals surface area contributed by atoms with Crippen molar-refractivity contribution in [1.29, 1.82) is 0 Å². The predicted octanol–water partition coefficient (Wildman–Crippen LogP) is 3.93. The molecule has 2 rings (SSSR count). The Morgan fingerprint density at radius 1 is 0.867 bits per heavy atom. The van der Waals surface area contributed by atoms with E-state index < -0.39 is 0 Å². The zero-order valence-electron chi connectivity index (χ0n) is 7.52. The molecule has 0 amide bonds. The quantitative estimate of drug-likeness (QED) is 0.762. The van der Waals surface area contributed by atoms with Crippen LogP contribution in [-0.2, 0) is 0 Å². The average Bonchev–Trinajstić information content (AvgIpc) is 2.25. The van der Waals surface area contributed by atoms with E-state index in [2.05, 4.69) is 9.97 Å². The van der Waals surface area contributed by atoms with Crippen molar-refractivity contribution in [2.75, 3.05) is 0 Å². The minimum Gasteiger partial charge on any atom is -0.229 e. The maximum Gasteiger partial charge on any atom is 0.192 e. The molecule has 0 atom stereocenters. The van der Waals surface area contributed by atoms with Crippen molar-refractivity contribution in [3.05, 3.63) is 46.7 Å².